The van der Waals surface area contributed by atoms with Crippen LogP contribution in [0.1, 0.15) is 27.2 Å². The minimum Gasteiger partial charge on any atom is -0.374 e. The zero-order chi connectivity index (χ0) is 13.8. The molecule has 0 aliphatic heterocycles. The molecule has 0 fully saturated rings. The van der Waals surface area contributed by atoms with Gasteiger partial charge in [0.15, 0.2) is 0 Å². The van der Waals surface area contributed by atoms with Crippen molar-refractivity contribution < 1.29 is 4.39 Å². The standard InChI is InChI=1S/C15H25FN2/c1-15(2,3)9-12(10-17)11-18(4)14-7-5-13(16)6-8-14/h5-8,12H,9-11,17H2,1-4H3. The van der Waals surface area contributed by atoms with Gasteiger partial charge in [-0.15, -0.1) is 0 Å². The molecule has 0 aromatic heterocycles. The first-order valence-corrected chi connectivity index (χ1v) is 6.48. The molecule has 0 aliphatic rings. The van der Waals surface area contributed by atoms with Crippen LogP contribution >= 0.6 is 0 Å². The van der Waals surface area contributed by atoms with Gasteiger partial charge in [-0.1, -0.05) is 20.8 Å². The molecular weight excluding hydrogens is 227 g/mol. The van der Waals surface area contributed by atoms with E-state index in [1.165, 1.54) is 12.1 Å². The summed E-state index contributed by atoms with van der Waals surface area (Å²) in [6, 6.07) is 6.60. The SMILES string of the molecule is CN(CC(CN)CC(C)(C)C)c1ccc(F)cc1. The van der Waals surface area contributed by atoms with Crippen LogP contribution in [0.2, 0.25) is 0 Å². The molecule has 1 aromatic carbocycles. The Morgan fingerprint density at radius 2 is 1.78 bits per heavy atom. The molecule has 0 saturated carbocycles. The smallest absolute Gasteiger partial charge is 0.123 e. The van der Waals surface area contributed by atoms with Crippen molar-refractivity contribution in [1.29, 1.82) is 0 Å². The summed E-state index contributed by atoms with van der Waals surface area (Å²) >= 11 is 0. The largest absolute Gasteiger partial charge is 0.374 e. The summed E-state index contributed by atoms with van der Waals surface area (Å²) in [5.74, 6) is 0.261. The molecule has 1 aromatic rings. The molecule has 18 heavy (non-hydrogen) atoms. The highest BCUT2D eigenvalue weighted by molar-refractivity contribution is 5.45. The van der Waals surface area contributed by atoms with Gasteiger partial charge < -0.3 is 10.6 Å². The minimum absolute atomic E-state index is 0.197. The second-order valence-corrected chi connectivity index (χ2v) is 6.22. The average Bonchev–Trinajstić information content (AvgIpc) is 2.27. The molecule has 2 nitrogen and oxygen atoms in total. The molecule has 3 heteroatoms. The van der Waals surface area contributed by atoms with Crippen LogP contribution in [0.15, 0.2) is 24.3 Å². The first-order chi connectivity index (χ1) is 8.31. The Kier molecular flexibility index (Phi) is 5.15. The molecule has 1 rings (SSSR count). The lowest BCUT2D eigenvalue weighted by Gasteiger charge is -2.29. The molecule has 0 saturated heterocycles. The van der Waals surface area contributed by atoms with Crippen molar-refractivity contribution in [3.8, 4) is 0 Å². The second kappa shape index (κ2) is 6.19. The van der Waals surface area contributed by atoms with Crippen LogP contribution in [0.4, 0.5) is 10.1 Å². The number of hydrogen-bond acceptors (Lipinski definition) is 2. The van der Waals surface area contributed by atoms with Gasteiger partial charge in [-0.3, -0.25) is 0 Å². The number of anilines is 1. The van der Waals surface area contributed by atoms with Crippen molar-refractivity contribution >= 4 is 5.69 Å². The van der Waals surface area contributed by atoms with Gasteiger partial charge in [0.25, 0.3) is 0 Å². The fraction of sp³-hybridized carbons (Fsp3) is 0.600. The Bertz CT molecular complexity index is 354. The van der Waals surface area contributed by atoms with Gasteiger partial charge in [-0.25, -0.2) is 4.39 Å². The number of nitrogens with zero attached hydrogens (tertiary/aromatic N) is 1. The second-order valence-electron chi connectivity index (χ2n) is 6.22. The molecule has 0 amide bonds. The van der Waals surface area contributed by atoms with E-state index in [1.54, 1.807) is 12.1 Å². The highest BCUT2D eigenvalue weighted by Crippen LogP contribution is 2.25. The summed E-state index contributed by atoms with van der Waals surface area (Å²) in [6.07, 6.45) is 1.09. The van der Waals surface area contributed by atoms with Crippen LogP contribution < -0.4 is 10.6 Å². The highest BCUT2D eigenvalue weighted by Gasteiger charge is 2.19. The van der Waals surface area contributed by atoms with Crippen molar-refractivity contribution in [3.63, 3.8) is 0 Å². The third-order valence-electron chi connectivity index (χ3n) is 3.03. The van der Waals surface area contributed by atoms with E-state index in [2.05, 4.69) is 25.7 Å². The fourth-order valence-electron chi connectivity index (χ4n) is 2.28. The van der Waals surface area contributed by atoms with Crippen LogP contribution in [-0.2, 0) is 0 Å². The maximum absolute atomic E-state index is 12.9. The Balaban J connectivity index is 2.61. The molecule has 102 valence electrons. The molecule has 2 N–H and O–H groups in total. The van der Waals surface area contributed by atoms with Crippen LogP contribution in [0.3, 0.4) is 0 Å². The normalized spacial score (nSPS) is 13.4. The van der Waals surface area contributed by atoms with E-state index in [0.717, 1.165) is 18.7 Å². The molecule has 0 bridgehead atoms. The molecule has 0 spiro atoms. The minimum atomic E-state index is -0.197. The Morgan fingerprint density at radius 1 is 1.22 bits per heavy atom. The zero-order valence-electron chi connectivity index (χ0n) is 11.9. The number of rotatable bonds is 5. The van der Waals surface area contributed by atoms with E-state index in [-0.39, 0.29) is 11.2 Å². The molecule has 0 radical (unpaired) electrons. The Labute approximate surface area is 110 Å². The van der Waals surface area contributed by atoms with Gasteiger partial charge >= 0.3 is 0 Å². The van der Waals surface area contributed by atoms with Gasteiger partial charge in [0.1, 0.15) is 5.82 Å². The summed E-state index contributed by atoms with van der Waals surface area (Å²) < 4.78 is 12.9. The lowest BCUT2D eigenvalue weighted by molar-refractivity contribution is 0.300. The number of hydrogen-bond donors (Lipinski definition) is 1. The summed E-state index contributed by atoms with van der Waals surface area (Å²) in [5, 5.41) is 0. The maximum Gasteiger partial charge on any atom is 0.123 e. The monoisotopic (exact) mass is 252 g/mol. The van der Waals surface area contributed by atoms with E-state index < -0.39 is 0 Å². The number of benzene rings is 1. The number of halogens is 1. The highest BCUT2D eigenvalue weighted by atomic mass is 19.1. The number of nitrogens with two attached hydrogens (primary N) is 1. The fourth-order valence-corrected chi connectivity index (χ4v) is 2.28. The van der Waals surface area contributed by atoms with Gasteiger partial charge in [0, 0.05) is 19.3 Å². The quantitative estimate of drug-likeness (QED) is 0.871. The van der Waals surface area contributed by atoms with Crippen molar-refractivity contribution in [1.82, 2.24) is 0 Å². The van der Waals surface area contributed by atoms with Crippen LogP contribution in [-0.4, -0.2) is 20.1 Å². The third-order valence-corrected chi connectivity index (χ3v) is 3.03. The molecular formula is C15H25FN2. The van der Waals surface area contributed by atoms with Crippen molar-refractivity contribution in [2.45, 2.75) is 27.2 Å². The predicted molar refractivity (Wildman–Crippen MR) is 76.3 cm³/mol. The zero-order valence-corrected chi connectivity index (χ0v) is 11.9. The lowest BCUT2D eigenvalue weighted by atomic mass is 9.84. The van der Waals surface area contributed by atoms with E-state index in [4.69, 9.17) is 5.73 Å². The summed E-state index contributed by atoms with van der Waals surface area (Å²) in [7, 11) is 2.03. The molecule has 0 aliphatic carbocycles. The van der Waals surface area contributed by atoms with Gasteiger partial charge in [0.05, 0.1) is 0 Å². The van der Waals surface area contributed by atoms with E-state index >= 15 is 0 Å². The molecule has 0 heterocycles. The van der Waals surface area contributed by atoms with E-state index in [1.807, 2.05) is 7.05 Å². The summed E-state index contributed by atoms with van der Waals surface area (Å²) in [6.45, 7) is 8.27. The van der Waals surface area contributed by atoms with E-state index in [0.29, 0.717) is 12.5 Å². The molecule has 1 atom stereocenters. The van der Waals surface area contributed by atoms with Crippen LogP contribution in [0.5, 0.6) is 0 Å². The average molecular weight is 252 g/mol. The Hall–Kier alpha value is -1.09. The van der Waals surface area contributed by atoms with Gasteiger partial charge in [-0.2, -0.15) is 0 Å². The predicted octanol–water partition coefficient (Wildman–Crippen LogP) is 3.27. The van der Waals surface area contributed by atoms with Gasteiger partial charge in [-0.05, 0) is 48.6 Å². The molecule has 1 unspecified atom stereocenters. The summed E-state index contributed by atoms with van der Waals surface area (Å²) in [5.41, 5.74) is 7.16. The maximum atomic E-state index is 12.9. The van der Waals surface area contributed by atoms with Crippen molar-refractivity contribution in [2.75, 3.05) is 25.0 Å². The van der Waals surface area contributed by atoms with Crippen molar-refractivity contribution in [2.24, 2.45) is 17.1 Å². The third kappa shape index (κ3) is 5.05. The van der Waals surface area contributed by atoms with Crippen LogP contribution in [0.25, 0.3) is 0 Å². The topological polar surface area (TPSA) is 29.3 Å². The van der Waals surface area contributed by atoms with Crippen molar-refractivity contribution in [3.05, 3.63) is 30.1 Å². The summed E-state index contributed by atoms with van der Waals surface area (Å²) in [4.78, 5) is 2.14. The van der Waals surface area contributed by atoms with Crippen LogP contribution in [0, 0.1) is 17.2 Å². The first-order valence-electron chi connectivity index (χ1n) is 6.48. The van der Waals surface area contributed by atoms with E-state index in [9.17, 15) is 4.39 Å². The van der Waals surface area contributed by atoms with Gasteiger partial charge in [0.2, 0.25) is 0 Å². The Morgan fingerprint density at radius 3 is 2.22 bits per heavy atom. The first kappa shape index (κ1) is 15.0. The lowest BCUT2D eigenvalue weighted by Crippen LogP contribution is -2.32.